The Bertz CT molecular complexity index is 937. The molecule has 0 aliphatic carbocycles. The van der Waals surface area contributed by atoms with E-state index < -0.39 is 0 Å². The van der Waals surface area contributed by atoms with Crippen LogP contribution in [0, 0.1) is 0 Å². The second kappa shape index (κ2) is 9.40. The van der Waals surface area contributed by atoms with Crippen LogP contribution < -0.4 is 5.32 Å². The van der Waals surface area contributed by atoms with Crippen LogP contribution in [0.2, 0.25) is 0 Å². The lowest BCUT2D eigenvalue weighted by Gasteiger charge is -2.27. The molecule has 29 heavy (non-hydrogen) atoms. The number of benzene rings is 2. The molecule has 1 aliphatic heterocycles. The van der Waals surface area contributed by atoms with E-state index in [-0.39, 0.29) is 12.5 Å². The molecule has 1 saturated heterocycles. The smallest absolute Gasteiger partial charge is 0.243 e. The third-order valence-corrected chi connectivity index (χ3v) is 4.86. The van der Waals surface area contributed by atoms with Crippen molar-refractivity contribution >= 4 is 5.91 Å². The Balaban J connectivity index is 1.32. The maximum atomic E-state index is 12.4. The van der Waals surface area contributed by atoms with Gasteiger partial charge in [-0.25, -0.2) is 0 Å². The highest BCUT2D eigenvalue weighted by atomic mass is 16.5. The van der Waals surface area contributed by atoms with Gasteiger partial charge >= 0.3 is 0 Å². The van der Waals surface area contributed by atoms with Gasteiger partial charge in [-0.15, -0.1) is 10.2 Å². The van der Waals surface area contributed by atoms with Crippen molar-refractivity contribution in [2.45, 2.75) is 19.6 Å². The first-order valence-electron chi connectivity index (χ1n) is 9.75. The summed E-state index contributed by atoms with van der Waals surface area (Å²) in [4.78, 5) is 16.1. The molecule has 4 rings (SSSR count). The fourth-order valence-electron chi connectivity index (χ4n) is 3.28. The number of morpholine rings is 1. The average molecular weight is 392 g/mol. The van der Waals surface area contributed by atoms with Crippen LogP contribution in [0.5, 0.6) is 0 Å². The van der Waals surface area contributed by atoms with Gasteiger partial charge in [-0.05, 0) is 16.3 Å². The van der Waals surface area contributed by atoms with Crippen molar-refractivity contribution in [1.29, 1.82) is 0 Å². The van der Waals surface area contributed by atoms with Crippen LogP contribution in [-0.4, -0.2) is 57.3 Å². The summed E-state index contributed by atoms with van der Waals surface area (Å²) in [6.45, 7) is 4.78. The Morgan fingerprint density at radius 1 is 1.00 bits per heavy atom. The predicted octanol–water partition coefficient (Wildman–Crippen LogP) is 1.49. The Morgan fingerprint density at radius 2 is 1.72 bits per heavy atom. The standard InChI is InChI=1S/C21H24N6O2/c28-20(16-27-24-21(23-25-27)17-6-2-1-3-7-17)22-14-18-8-4-5-9-19(18)15-26-10-12-29-13-11-26/h1-9H,10-16H2,(H,22,28). The zero-order valence-corrected chi connectivity index (χ0v) is 16.2. The van der Waals surface area contributed by atoms with Crippen LogP contribution in [0.4, 0.5) is 0 Å². The molecule has 2 heterocycles. The van der Waals surface area contributed by atoms with Gasteiger partial charge in [-0.3, -0.25) is 9.69 Å². The number of nitrogens with one attached hydrogen (secondary N) is 1. The van der Waals surface area contributed by atoms with Crippen molar-refractivity contribution in [3.63, 3.8) is 0 Å². The molecule has 0 spiro atoms. The second-order valence-corrected chi connectivity index (χ2v) is 6.94. The van der Waals surface area contributed by atoms with Gasteiger partial charge in [0.2, 0.25) is 11.7 Å². The fraction of sp³-hybridized carbons (Fsp3) is 0.333. The summed E-state index contributed by atoms with van der Waals surface area (Å²) in [5.41, 5.74) is 3.21. The van der Waals surface area contributed by atoms with E-state index in [0.29, 0.717) is 12.4 Å². The van der Waals surface area contributed by atoms with Gasteiger partial charge in [0.1, 0.15) is 6.54 Å². The van der Waals surface area contributed by atoms with Crippen molar-refractivity contribution < 1.29 is 9.53 Å². The lowest BCUT2D eigenvalue weighted by atomic mass is 10.1. The molecule has 0 bridgehead atoms. The molecular formula is C21H24N6O2. The van der Waals surface area contributed by atoms with Crippen LogP contribution in [0.1, 0.15) is 11.1 Å². The van der Waals surface area contributed by atoms with Crippen molar-refractivity contribution in [2.24, 2.45) is 0 Å². The molecule has 0 radical (unpaired) electrons. The van der Waals surface area contributed by atoms with Gasteiger partial charge < -0.3 is 10.1 Å². The summed E-state index contributed by atoms with van der Waals surface area (Å²) in [6.07, 6.45) is 0. The van der Waals surface area contributed by atoms with E-state index in [0.717, 1.165) is 44.0 Å². The highest BCUT2D eigenvalue weighted by molar-refractivity contribution is 5.75. The van der Waals surface area contributed by atoms with Crippen LogP contribution in [0.3, 0.4) is 0 Å². The fourth-order valence-corrected chi connectivity index (χ4v) is 3.28. The topological polar surface area (TPSA) is 85.2 Å². The summed E-state index contributed by atoms with van der Waals surface area (Å²) in [6, 6.07) is 17.8. The maximum absolute atomic E-state index is 12.4. The molecule has 1 aromatic heterocycles. The van der Waals surface area contributed by atoms with Crippen LogP contribution in [0.15, 0.2) is 54.6 Å². The highest BCUT2D eigenvalue weighted by Crippen LogP contribution is 2.13. The minimum absolute atomic E-state index is 0.0332. The molecule has 1 N–H and O–H groups in total. The van der Waals surface area contributed by atoms with E-state index in [1.807, 2.05) is 42.5 Å². The van der Waals surface area contributed by atoms with Crippen molar-refractivity contribution in [3.05, 3.63) is 65.7 Å². The summed E-state index contributed by atoms with van der Waals surface area (Å²) in [5, 5.41) is 15.3. The molecule has 8 heteroatoms. The van der Waals surface area contributed by atoms with Crippen LogP contribution in [0.25, 0.3) is 11.4 Å². The number of carbonyl (C=O) groups is 1. The summed E-state index contributed by atoms with van der Waals surface area (Å²) < 4.78 is 5.42. The van der Waals surface area contributed by atoms with Crippen molar-refractivity contribution in [2.75, 3.05) is 26.3 Å². The zero-order valence-electron chi connectivity index (χ0n) is 16.2. The Morgan fingerprint density at radius 3 is 2.52 bits per heavy atom. The Kier molecular flexibility index (Phi) is 6.23. The predicted molar refractivity (Wildman–Crippen MR) is 108 cm³/mol. The minimum atomic E-state index is -0.150. The number of hydrogen-bond acceptors (Lipinski definition) is 6. The molecule has 2 aromatic carbocycles. The third-order valence-electron chi connectivity index (χ3n) is 4.86. The minimum Gasteiger partial charge on any atom is -0.379 e. The molecule has 1 amide bonds. The summed E-state index contributed by atoms with van der Waals surface area (Å²) >= 11 is 0. The van der Waals surface area contributed by atoms with Crippen LogP contribution in [-0.2, 0) is 29.2 Å². The number of amides is 1. The van der Waals surface area contributed by atoms with Gasteiger partial charge in [0.05, 0.1) is 13.2 Å². The Labute approximate surface area is 169 Å². The van der Waals surface area contributed by atoms with E-state index in [2.05, 4.69) is 37.8 Å². The molecule has 1 aliphatic rings. The van der Waals surface area contributed by atoms with E-state index in [1.165, 1.54) is 10.4 Å². The van der Waals surface area contributed by atoms with E-state index in [1.54, 1.807) is 0 Å². The third kappa shape index (κ3) is 5.24. The monoisotopic (exact) mass is 392 g/mol. The molecule has 3 aromatic rings. The molecule has 8 nitrogen and oxygen atoms in total. The van der Waals surface area contributed by atoms with Gasteiger partial charge in [0.25, 0.3) is 0 Å². The van der Waals surface area contributed by atoms with E-state index in [9.17, 15) is 4.79 Å². The molecular weight excluding hydrogens is 368 g/mol. The number of nitrogens with zero attached hydrogens (tertiary/aromatic N) is 5. The molecule has 0 saturated carbocycles. The SMILES string of the molecule is O=C(Cn1nnc(-c2ccccc2)n1)NCc1ccccc1CN1CCOCC1. The number of hydrogen-bond donors (Lipinski definition) is 1. The lowest BCUT2D eigenvalue weighted by molar-refractivity contribution is -0.122. The second-order valence-electron chi connectivity index (χ2n) is 6.94. The number of carbonyl (C=O) groups excluding carboxylic acids is 1. The van der Waals surface area contributed by atoms with E-state index in [4.69, 9.17) is 4.74 Å². The molecule has 150 valence electrons. The van der Waals surface area contributed by atoms with Crippen LogP contribution >= 0.6 is 0 Å². The number of tetrazole rings is 1. The van der Waals surface area contributed by atoms with Gasteiger partial charge in [0.15, 0.2) is 0 Å². The quantitative estimate of drug-likeness (QED) is 0.656. The largest absolute Gasteiger partial charge is 0.379 e. The first kappa shape index (κ1) is 19.2. The van der Waals surface area contributed by atoms with Crippen molar-refractivity contribution in [1.82, 2.24) is 30.4 Å². The van der Waals surface area contributed by atoms with Gasteiger partial charge in [-0.1, -0.05) is 54.6 Å². The number of rotatable bonds is 7. The highest BCUT2D eigenvalue weighted by Gasteiger charge is 2.14. The number of aromatic nitrogens is 4. The molecule has 1 fully saturated rings. The summed E-state index contributed by atoms with van der Waals surface area (Å²) in [7, 11) is 0. The normalized spacial score (nSPS) is 14.6. The first-order chi connectivity index (χ1) is 14.3. The van der Waals surface area contributed by atoms with Gasteiger partial charge in [-0.2, -0.15) is 4.80 Å². The first-order valence-corrected chi connectivity index (χ1v) is 9.75. The lowest BCUT2D eigenvalue weighted by Crippen LogP contribution is -2.36. The summed E-state index contributed by atoms with van der Waals surface area (Å²) in [5.74, 6) is 0.359. The zero-order chi connectivity index (χ0) is 19.9. The maximum Gasteiger partial charge on any atom is 0.243 e. The Hall–Kier alpha value is -3.10. The average Bonchev–Trinajstić information content (AvgIpc) is 3.23. The number of ether oxygens (including phenoxy) is 1. The van der Waals surface area contributed by atoms with E-state index >= 15 is 0 Å². The molecule has 0 atom stereocenters. The molecule has 0 unspecified atom stereocenters. The van der Waals surface area contributed by atoms with Crippen molar-refractivity contribution in [3.8, 4) is 11.4 Å². The van der Waals surface area contributed by atoms with Gasteiger partial charge in [0, 0.05) is 31.7 Å².